The fraction of sp³-hybridized carbons (Fsp3) is 0.571. The monoisotopic (exact) mass is 352 g/mol. The Labute approximate surface area is 137 Å². The Balaban J connectivity index is 3.06. The lowest BCUT2D eigenvalue weighted by Gasteiger charge is -2.17. The Morgan fingerprint density at radius 1 is 1.19 bits per heavy atom. The van der Waals surface area contributed by atoms with E-state index < -0.39 is 10.0 Å². The van der Waals surface area contributed by atoms with Crippen molar-refractivity contribution in [3.05, 3.63) is 27.7 Å². The minimum Gasteiger partial charge on any atom is -0.316 e. The molecule has 0 radical (unpaired) electrons. The maximum atomic E-state index is 12.4. The van der Waals surface area contributed by atoms with Crippen molar-refractivity contribution in [3.8, 4) is 0 Å². The molecule has 1 aromatic carbocycles. The molecule has 0 aliphatic heterocycles. The minimum atomic E-state index is -3.65. The predicted molar refractivity (Wildman–Crippen MR) is 88.4 cm³/mol. The molecule has 1 aromatic rings. The average molecular weight is 353 g/mol. The van der Waals surface area contributed by atoms with Gasteiger partial charge in [0.15, 0.2) is 0 Å². The Morgan fingerprint density at radius 3 is 2.33 bits per heavy atom. The molecular weight excluding hydrogens is 331 g/mol. The molecule has 1 unspecified atom stereocenters. The molecule has 4 nitrogen and oxygen atoms in total. The van der Waals surface area contributed by atoms with Crippen molar-refractivity contribution >= 4 is 33.2 Å². The molecule has 0 fully saturated rings. The molecule has 0 bridgehead atoms. The Morgan fingerprint density at radius 2 is 1.81 bits per heavy atom. The van der Waals surface area contributed by atoms with E-state index in [0.717, 1.165) is 0 Å². The van der Waals surface area contributed by atoms with Gasteiger partial charge in [0.05, 0.1) is 5.02 Å². The van der Waals surface area contributed by atoms with Gasteiger partial charge < -0.3 is 5.32 Å². The normalized spacial score (nSPS) is 13.7. The van der Waals surface area contributed by atoms with Gasteiger partial charge in [0.25, 0.3) is 0 Å². The van der Waals surface area contributed by atoms with Gasteiger partial charge in [-0.15, -0.1) is 0 Å². The molecule has 0 spiro atoms. The zero-order valence-corrected chi connectivity index (χ0v) is 15.0. The summed E-state index contributed by atoms with van der Waals surface area (Å²) in [7, 11) is -1.90. The number of hydrogen-bond acceptors (Lipinski definition) is 3. The van der Waals surface area contributed by atoms with Crippen LogP contribution in [0.15, 0.2) is 17.0 Å². The van der Waals surface area contributed by atoms with Gasteiger partial charge in [0.2, 0.25) is 10.0 Å². The highest BCUT2D eigenvalue weighted by Crippen LogP contribution is 2.31. The molecular formula is C14H22Cl2N2O2S. The van der Waals surface area contributed by atoms with Gasteiger partial charge in [0, 0.05) is 23.7 Å². The summed E-state index contributed by atoms with van der Waals surface area (Å²) in [6.45, 7) is 6.89. The largest absolute Gasteiger partial charge is 0.316 e. The average Bonchev–Trinajstić information content (AvgIpc) is 2.40. The van der Waals surface area contributed by atoms with Crippen molar-refractivity contribution in [1.29, 1.82) is 0 Å². The van der Waals surface area contributed by atoms with E-state index in [0.29, 0.717) is 29.6 Å². The molecule has 1 atom stereocenters. The summed E-state index contributed by atoms with van der Waals surface area (Å²) >= 11 is 12.3. The van der Waals surface area contributed by atoms with E-state index >= 15 is 0 Å². The van der Waals surface area contributed by atoms with Gasteiger partial charge in [-0.2, -0.15) is 0 Å². The number of rotatable bonds is 7. The van der Waals surface area contributed by atoms with Crippen molar-refractivity contribution in [1.82, 2.24) is 10.0 Å². The molecule has 0 saturated carbocycles. The number of sulfonamides is 1. The Kier molecular flexibility index (Phi) is 6.94. The van der Waals surface area contributed by atoms with E-state index in [1.165, 1.54) is 6.07 Å². The highest BCUT2D eigenvalue weighted by Gasteiger charge is 2.22. The first-order valence-electron chi connectivity index (χ1n) is 6.81. The third-order valence-electron chi connectivity index (χ3n) is 3.53. The Bertz CT molecular complexity index is 589. The van der Waals surface area contributed by atoms with Crippen LogP contribution in [-0.2, 0) is 16.6 Å². The summed E-state index contributed by atoms with van der Waals surface area (Å²) < 4.78 is 27.4. The molecule has 0 aromatic heterocycles. The molecule has 21 heavy (non-hydrogen) atoms. The summed E-state index contributed by atoms with van der Waals surface area (Å²) in [6.07, 6.45) is 0. The molecule has 1 rings (SSSR count). The van der Waals surface area contributed by atoms with Crippen LogP contribution in [0.2, 0.25) is 10.0 Å². The SMILES string of the molecule is CNCc1c(Cl)ccc(S(=O)(=O)NCC(C)C(C)C)c1Cl. The van der Waals surface area contributed by atoms with Crippen LogP contribution in [0, 0.1) is 11.8 Å². The molecule has 120 valence electrons. The molecule has 0 aliphatic carbocycles. The summed E-state index contributed by atoms with van der Waals surface area (Å²) in [5.41, 5.74) is 0.584. The lowest BCUT2D eigenvalue weighted by molar-refractivity contribution is 0.414. The maximum absolute atomic E-state index is 12.4. The highest BCUT2D eigenvalue weighted by molar-refractivity contribution is 7.89. The van der Waals surface area contributed by atoms with Crippen LogP contribution < -0.4 is 10.0 Å². The first-order valence-corrected chi connectivity index (χ1v) is 9.05. The van der Waals surface area contributed by atoms with Crippen LogP contribution in [0.1, 0.15) is 26.3 Å². The lowest BCUT2D eigenvalue weighted by Crippen LogP contribution is -2.30. The molecule has 0 saturated heterocycles. The van der Waals surface area contributed by atoms with Crippen molar-refractivity contribution in [2.24, 2.45) is 11.8 Å². The van der Waals surface area contributed by atoms with Crippen LogP contribution in [0.25, 0.3) is 0 Å². The van der Waals surface area contributed by atoms with Crippen LogP contribution in [0.4, 0.5) is 0 Å². The van der Waals surface area contributed by atoms with Crippen LogP contribution >= 0.6 is 23.2 Å². The maximum Gasteiger partial charge on any atom is 0.242 e. The second kappa shape index (κ2) is 7.79. The third kappa shape index (κ3) is 4.83. The quantitative estimate of drug-likeness (QED) is 0.791. The zero-order valence-electron chi connectivity index (χ0n) is 12.7. The van der Waals surface area contributed by atoms with E-state index in [4.69, 9.17) is 23.2 Å². The predicted octanol–water partition coefficient (Wildman–Crippen LogP) is 3.28. The van der Waals surface area contributed by atoms with Crippen molar-refractivity contribution in [2.45, 2.75) is 32.2 Å². The summed E-state index contributed by atoms with van der Waals surface area (Å²) in [4.78, 5) is 0.0646. The van der Waals surface area contributed by atoms with E-state index in [1.54, 1.807) is 13.1 Å². The van der Waals surface area contributed by atoms with Gasteiger partial charge in [-0.1, -0.05) is 44.0 Å². The van der Waals surface area contributed by atoms with Crippen molar-refractivity contribution in [3.63, 3.8) is 0 Å². The van der Waals surface area contributed by atoms with Gasteiger partial charge in [-0.3, -0.25) is 0 Å². The van der Waals surface area contributed by atoms with Gasteiger partial charge in [-0.25, -0.2) is 13.1 Å². The molecule has 2 N–H and O–H groups in total. The summed E-state index contributed by atoms with van der Waals surface area (Å²) in [5.74, 6) is 0.635. The lowest BCUT2D eigenvalue weighted by atomic mass is 9.99. The molecule has 0 heterocycles. The fourth-order valence-corrected chi connectivity index (χ4v) is 3.73. The molecule has 7 heteroatoms. The number of benzene rings is 1. The zero-order chi connectivity index (χ0) is 16.2. The molecule has 0 aliphatic rings. The van der Waals surface area contributed by atoms with Crippen LogP contribution in [-0.4, -0.2) is 22.0 Å². The van der Waals surface area contributed by atoms with E-state index in [-0.39, 0.29) is 15.8 Å². The number of halogens is 2. The first kappa shape index (κ1) is 18.7. The summed E-state index contributed by atoms with van der Waals surface area (Å²) in [5, 5.41) is 3.54. The smallest absolute Gasteiger partial charge is 0.242 e. The van der Waals surface area contributed by atoms with E-state index in [2.05, 4.69) is 23.9 Å². The number of nitrogens with one attached hydrogen (secondary N) is 2. The van der Waals surface area contributed by atoms with Crippen LogP contribution in [0.3, 0.4) is 0 Å². The summed E-state index contributed by atoms with van der Waals surface area (Å²) in [6, 6.07) is 2.99. The first-order chi connectivity index (χ1) is 9.70. The highest BCUT2D eigenvalue weighted by atomic mass is 35.5. The molecule has 0 amide bonds. The second-order valence-corrected chi connectivity index (χ2v) is 7.96. The topological polar surface area (TPSA) is 58.2 Å². The van der Waals surface area contributed by atoms with E-state index in [9.17, 15) is 8.42 Å². The van der Waals surface area contributed by atoms with Crippen molar-refractivity contribution in [2.75, 3.05) is 13.6 Å². The standard InChI is InChI=1S/C14H22Cl2N2O2S/c1-9(2)10(3)7-18-21(19,20)13-6-5-12(15)11(8-17-4)14(13)16/h5-6,9-10,17-18H,7-8H2,1-4H3. The van der Waals surface area contributed by atoms with E-state index in [1.807, 2.05) is 6.92 Å². The minimum absolute atomic E-state index is 0.0646. The Hall–Kier alpha value is -0.330. The van der Waals surface area contributed by atoms with Gasteiger partial charge in [0.1, 0.15) is 4.90 Å². The second-order valence-electron chi connectivity index (χ2n) is 5.44. The fourth-order valence-electron chi connectivity index (χ4n) is 1.68. The van der Waals surface area contributed by atoms with Gasteiger partial charge in [-0.05, 0) is 31.0 Å². The van der Waals surface area contributed by atoms with Crippen molar-refractivity contribution < 1.29 is 8.42 Å². The third-order valence-corrected chi connectivity index (χ3v) is 5.89. The van der Waals surface area contributed by atoms with Crippen LogP contribution in [0.5, 0.6) is 0 Å². The van der Waals surface area contributed by atoms with Gasteiger partial charge >= 0.3 is 0 Å². The number of hydrogen-bond donors (Lipinski definition) is 2.